The summed E-state index contributed by atoms with van der Waals surface area (Å²) in [7, 11) is 0. The van der Waals surface area contributed by atoms with E-state index in [1.807, 2.05) is 6.07 Å². The number of benzene rings is 7. The van der Waals surface area contributed by atoms with Crippen LogP contribution in [-0.2, 0) is 0 Å². The van der Waals surface area contributed by atoms with Crippen molar-refractivity contribution in [2.75, 3.05) is 0 Å². The van der Waals surface area contributed by atoms with E-state index in [4.69, 9.17) is 4.98 Å². The number of imidazole rings is 1. The molecule has 0 saturated carbocycles. The zero-order chi connectivity index (χ0) is 28.0. The van der Waals surface area contributed by atoms with Gasteiger partial charge in [-0.15, -0.1) is 0 Å². The number of hydrogen-bond acceptors (Lipinski definition) is 1. The maximum atomic E-state index is 5.00. The van der Waals surface area contributed by atoms with Gasteiger partial charge in [0.25, 0.3) is 0 Å². The normalized spacial score (nSPS) is 11.5. The van der Waals surface area contributed by atoms with Crippen LogP contribution >= 0.6 is 0 Å². The van der Waals surface area contributed by atoms with Gasteiger partial charge in [-0.2, -0.15) is 0 Å². The summed E-state index contributed by atoms with van der Waals surface area (Å²) in [5, 5.41) is 5.00. The van der Waals surface area contributed by atoms with E-state index in [2.05, 4.69) is 157 Å². The number of hydrogen-bond donors (Lipinski definition) is 0. The summed E-state index contributed by atoms with van der Waals surface area (Å²) < 4.78 is 2.23. The lowest BCUT2D eigenvalue weighted by Crippen LogP contribution is -1.96. The first-order valence-corrected chi connectivity index (χ1v) is 14.4. The number of para-hydroxylation sites is 1. The minimum absolute atomic E-state index is 0.983. The van der Waals surface area contributed by atoms with Crippen LogP contribution in [0.1, 0.15) is 5.82 Å². The average Bonchev–Trinajstić information content (AvgIpc) is 3.39. The molecule has 0 aliphatic carbocycles. The Labute approximate surface area is 245 Å². The minimum Gasteiger partial charge on any atom is -0.297 e. The molecule has 0 aliphatic heterocycles. The standard InChI is InChI=1S/C40H28N2/c1-27-41-37-26-31(23-24-38(37)42(27)32-17-6-3-7-18-32)40-35-21-10-8-19-33(35)39(34-20-9-11-22-36(34)40)30-16-12-15-29(25-30)28-13-4-2-5-14-28/h2-26H,1H3. The molecule has 0 spiro atoms. The topological polar surface area (TPSA) is 17.8 Å². The van der Waals surface area contributed by atoms with Crippen molar-refractivity contribution in [3.8, 4) is 39.1 Å². The summed E-state index contributed by atoms with van der Waals surface area (Å²) >= 11 is 0. The third-order valence-electron chi connectivity index (χ3n) is 8.32. The van der Waals surface area contributed by atoms with Crippen molar-refractivity contribution in [3.05, 3.63) is 157 Å². The average molecular weight is 537 g/mol. The van der Waals surface area contributed by atoms with Gasteiger partial charge in [-0.1, -0.05) is 121 Å². The summed E-state index contributed by atoms with van der Waals surface area (Å²) in [6, 6.07) is 54.4. The van der Waals surface area contributed by atoms with Gasteiger partial charge in [0, 0.05) is 5.69 Å². The van der Waals surface area contributed by atoms with Gasteiger partial charge in [-0.25, -0.2) is 4.98 Å². The van der Waals surface area contributed by atoms with Gasteiger partial charge in [0.1, 0.15) is 5.82 Å². The molecular weight excluding hydrogens is 508 g/mol. The molecule has 1 heterocycles. The number of aryl methyl sites for hydroxylation is 1. The Morgan fingerprint density at radius 2 is 0.929 bits per heavy atom. The third kappa shape index (κ3) is 3.92. The monoisotopic (exact) mass is 536 g/mol. The molecular formula is C40H28N2. The number of nitrogens with zero attached hydrogens (tertiary/aromatic N) is 2. The highest BCUT2D eigenvalue weighted by Gasteiger charge is 2.18. The fraction of sp³-hybridized carbons (Fsp3) is 0.0250. The Balaban J connectivity index is 1.38. The third-order valence-corrected chi connectivity index (χ3v) is 8.32. The second-order valence-corrected chi connectivity index (χ2v) is 10.8. The summed E-state index contributed by atoms with van der Waals surface area (Å²) in [6.45, 7) is 2.08. The van der Waals surface area contributed by atoms with Gasteiger partial charge >= 0.3 is 0 Å². The van der Waals surface area contributed by atoms with Crippen LogP contribution in [0.5, 0.6) is 0 Å². The Kier molecular flexibility index (Phi) is 5.72. The van der Waals surface area contributed by atoms with Crippen molar-refractivity contribution in [1.29, 1.82) is 0 Å². The molecule has 42 heavy (non-hydrogen) atoms. The van der Waals surface area contributed by atoms with Gasteiger partial charge < -0.3 is 0 Å². The van der Waals surface area contributed by atoms with Gasteiger partial charge in [0.05, 0.1) is 11.0 Å². The van der Waals surface area contributed by atoms with Crippen molar-refractivity contribution >= 4 is 32.6 Å². The lowest BCUT2D eigenvalue weighted by Gasteiger charge is -2.18. The van der Waals surface area contributed by atoms with Crippen LogP contribution in [0.3, 0.4) is 0 Å². The van der Waals surface area contributed by atoms with E-state index >= 15 is 0 Å². The van der Waals surface area contributed by atoms with E-state index in [1.165, 1.54) is 54.9 Å². The summed E-state index contributed by atoms with van der Waals surface area (Å²) in [5.41, 5.74) is 10.6. The van der Waals surface area contributed by atoms with Crippen LogP contribution in [0.15, 0.2) is 152 Å². The lowest BCUT2D eigenvalue weighted by molar-refractivity contribution is 1.00. The molecule has 0 saturated heterocycles. The van der Waals surface area contributed by atoms with E-state index in [1.54, 1.807) is 0 Å². The first-order chi connectivity index (χ1) is 20.8. The van der Waals surface area contributed by atoms with Crippen molar-refractivity contribution in [2.45, 2.75) is 6.92 Å². The number of aromatic nitrogens is 2. The highest BCUT2D eigenvalue weighted by Crippen LogP contribution is 2.44. The van der Waals surface area contributed by atoms with E-state index in [-0.39, 0.29) is 0 Å². The number of rotatable bonds is 4. The molecule has 0 bridgehead atoms. The highest BCUT2D eigenvalue weighted by atomic mass is 15.1. The van der Waals surface area contributed by atoms with Gasteiger partial charge in [-0.05, 0) is 92.2 Å². The molecule has 2 heteroatoms. The van der Waals surface area contributed by atoms with Gasteiger partial charge in [0.2, 0.25) is 0 Å². The Hall–Kier alpha value is -5.47. The molecule has 0 amide bonds. The molecule has 0 aliphatic rings. The predicted octanol–water partition coefficient (Wildman–Crippen LogP) is 10.6. The van der Waals surface area contributed by atoms with E-state index in [9.17, 15) is 0 Å². The van der Waals surface area contributed by atoms with Crippen LogP contribution in [0.2, 0.25) is 0 Å². The molecule has 8 rings (SSSR count). The molecule has 0 unspecified atom stereocenters. The van der Waals surface area contributed by atoms with Gasteiger partial charge in [0.15, 0.2) is 0 Å². The van der Waals surface area contributed by atoms with Crippen LogP contribution < -0.4 is 0 Å². The van der Waals surface area contributed by atoms with Crippen LogP contribution in [0.4, 0.5) is 0 Å². The minimum atomic E-state index is 0.983. The quantitative estimate of drug-likeness (QED) is 0.205. The van der Waals surface area contributed by atoms with Crippen LogP contribution in [0, 0.1) is 6.92 Å². The molecule has 7 aromatic carbocycles. The summed E-state index contributed by atoms with van der Waals surface area (Å²) in [4.78, 5) is 5.00. The first kappa shape index (κ1) is 24.3. The first-order valence-electron chi connectivity index (χ1n) is 14.4. The fourth-order valence-corrected chi connectivity index (χ4v) is 6.49. The van der Waals surface area contributed by atoms with Crippen molar-refractivity contribution in [1.82, 2.24) is 9.55 Å². The number of fused-ring (bicyclic) bond motifs is 3. The second kappa shape index (κ2) is 9.87. The maximum absolute atomic E-state index is 5.00. The zero-order valence-electron chi connectivity index (χ0n) is 23.3. The molecule has 0 atom stereocenters. The summed E-state index contributed by atoms with van der Waals surface area (Å²) in [6.07, 6.45) is 0. The molecule has 2 nitrogen and oxygen atoms in total. The van der Waals surface area contributed by atoms with Crippen molar-refractivity contribution in [3.63, 3.8) is 0 Å². The van der Waals surface area contributed by atoms with Gasteiger partial charge in [-0.3, -0.25) is 4.57 Å². The fourth-order valence-electron chi connectivity index (χ4n) is 6.49. The van der Waals surface area contributed by atoms with Crippen molar-refractivity contribution < 1.29 is 0 Å². The Bertz CT molecular complexity index is 2190. The van der Waals surface area contributed by atoms with E-state index in [0.717, 1.165) is 22.5 Å². The Morgan fingerprint density at radius 3 is 1.55 bits per heavy atom. The summed E-state index contributed by atoms with van der Waals surface area (Å²) in [5.74, 6) is 0.983. The SMILES string of the molecule is Cc1nc2cc(-c3c4ccccc4c(-c4cccc(-c5ccccc5)c4)c4ccccc34)ccc2n1-c1ccccc1. The highest BCUT2D eigenvalue weighted by molar-refractivity contribution is 6.21. The largest absolute Gasteiger partial charge is 0.297 e. The molecule has 1 aromatic heterocycles. The molecule has 0 fully saturated rings. The van der Waals surface area contributed by atoms with Crippen LogP contribution in [-0.4, -0.2) is 9.55 Å². The zero-order valence-corrected chi connectivity index (χ0v) is 23.3. The van der Waals surface area contributed by atoms with E-state index < -0.39 is 0 Å². The predicted molar refractivity (Wildman–Crippen MR) is 177 cm³/mol. The maximum Gasteiger partial charge on any atom is 0.111 e. The molecule has 198 valence electrons. The molecule has 0 N–H and O–H groups in total. The molecule has 8 aromatic rings. The van der Waals surface area contributed by atoms with Crippen molar-refractivity contribution in [2.24, 2.45) is 0 Å². The second-order valence-electron chi connectivity index (χ2n) is 10.8. The smallest absolute Gasteiger partial charge is 0.111 e. The lowest BCUT2D eigenvalue weighted by atomic mass is 9.85. The van der Waals surface area contributed by atoms with Crippen LogP contribution in [0.25, 0.3) is 71.6 Å². The Morgan fingerprint density at radius 1 is 0.429 bits per heavy atom. The molecule has 0 radical (unpaired) electrons. The van der Waals surface area contributed by atoms with E-state index in [0.29, 0.717) is 0 Å².